The first kappa shape index (κ1) is 25.6. The topological polar surface area (TPSA) is 136 Å². The van der Waals surface area contributed by atoms with Gasteiger partial charge in [-0.3, -0.25) is 4.79 Å². The van der Waals surface area contributed by atoms with E-state index in [1.54, 1.807) is 12.4 Å². The molecule has 0 saturated carbocycles. The van der Waals surface area contributed by atoms with Crippen LogP contribution in [0.5, 0.6) is 0 Å². The van der Waals surface area contributed by atoms with Crippen molar-refractivity contribution < 1.29 is 24.2 Å². The Morgan fingerprint density at radius 3 is 1.85 bits per heavy atom. The van der Waals surface area contributed by atoms with E-state index in [2.05, 4.69) is 20.6 Å². The van der Waals surface area contributed by atoms with Crippen molar-refractivity contribution in [3.05, 3.63) is 108 Å². The van der Waals surface area contributed by atoms with Crippen LogP contribution in [-0.2, 0) is 33.8 Å². The van der Waals surface area contributed by atoms with Crippen molar-refractivity contribution in [3.8, 4) is 0 Å². The minimum absolute atomic E-state index is 0.0341. The Bertz CT molecular complexity index is 1610. The SMILES string of the molecule is O=C(N[C@@H](Cc1c[nH]c2ccccc12)C(=O)N[C@@H](Cc1c[nH]c2ccccc12)C(=O)O)OCc1ccccc1. The van der Waals surface area contributed by atoms with Gasteiger partial charge in [0.2, 0.25) is 5.91 Å². The minimum atomic E-state index is -1.20. The number of aromatic amines is 2. The fourth-order valence-corrected chi connectivity index (χ4v) is 4.63. The highest BCUT2D eigenvalue weighted by atomic mass is 16.5. The molecule has 2 aromatic heterocycles. The van der Waals surface area contributed by atoms with Gasteiger partial charge in [0, 0.05) is 47.0 Å². The summed E-state index contributed by atoms with van der Waals surface area (Å²) in [7, 11) is 0. The van der Waals surface area contributed by atoms with Crippen LogP contribution >= 0.6 is 0 Å². The first-order valence-electron chi connectivity index (χ1n) is 12.6. The maximum absolute atomic E-state index is 13.5. The molecule has 9 heteroatoms. The Balaban J connectivity index is 1.34. The molecular weight excluding hydrogens is 496 g/mol. The van der Waals surface area contributed by atoms with Gasteiger partial charge in [-0.15, -0.1) is 0 Å². The largest absolute Gasteiger partial charge is 0.480 e. The number of aliphatic carboxylic acids is 1. The summed E-state index contributed by atoms with van der Waals surface area (Å²) in [6, 6.07) is 22.1. The van der Waals surface area contributed by atoms with Crippen LogP contribution in [0.2, 0.25) is 0 Å². The maximum atomic E-state index is 13.5. The molecule has 2 heterocycles. The first-order valence-corrected chi connectivity index (χ1v) is 12.6. The average molecular weight is 525 g/mol. The van der Waals surface area contributed by atoms with Crippen LogP contribution in [0.15, 0.2) is 91.3 Å². The van der Waals surface area contributed by atoms with Gasteiger partial charge in [0.25, 0.3) is 0 Å². The molecule has 5 rings (SSSR count). The fourth-order valence-electron chi connectivity index (χ4n) is 4.63. The van der Waals surface area contributed by atoms with E-state index in [1.165, 1.54) is 0 Å². The molecule has 2 atom stereocenters. The number of fused-ring (bicyclic) bond motifs is 2. The predicted octanol–water partition coefficient (Wildman–Crippen LogP) is 4.30. The normalized spacial score (nSPS) is 12.6. The van der Waals surface area contributed by atoms with Gasteiger partial charge in [0.05, 0.1) is 0 Å². The third-order valence-corrected chi connectivity index (χ3v) is 6.63. The van der Waals surface area contributed by atoms with Crippen molar-refractivity contribution in [3.63, 3.8) is 0 Å². The Hall–Kier alpha value is -5.05. The summed E-state index contributed by atoms with van der Waals surface area (Å²) in [6.45, 7) is 0.0341. The van der Waals surface area contributed by atoms with Crippen LogP contribution in [-0.4, -0.2) is 45.1 Å². The number of benzene rings is 3. The molecule has 3 aromatic carbocycles. The van der Waals surface area contributed by atoms with Crippen LogP contribution in [0.3, 0.4) is 0 Å². The lowest BCUT2D eigenvalue weighted by Gasteiger charge is -2.21. The average Bonchev–Trinajstić information content (AvgIpc) is 3.56. The monoisotopic (exact) mass is 524 g/mol. The van der Waals surface area contributed by atoms with E-state index in [1.807, 2.05) is 78.9 Å². The lowest BCUT2D eigenvalue weighted by atomic mass is 10.0. The van der Waals surface area contributed by atoms with Gasteiger partial charge in [-0.25, -0.2) is 9.59 Å². The van der Waals surface area contributed by atoms with E-state index < -0.39 is 30.1 Å². The summed E-state index contributed by atoms with van der Waals surface area (Å²) in [6.07, 6.45) is 2.96. The van der Waals surface area contributed by atoms with Gasteiger partial charge in [0.15, 0.2) is 0 Å². The van der Waals surface area contributed by atoms with Gasteiger partial charge in [-0.2, -0.15) is 0 Å². The number of ether oxygens (including phenoxy) is 1. The van der Waals surface area contributed by atoms with Crippen molar-refractivity contribution in [1.29, 1.82) is 0 Å². The number of amides is 2. The number of hydrogen-bond acceptors (Lipinski definition) is 4. The summed E-state index contributed by atoms with van der Waals surface area (Å²) in [4.78, 5) is 44.6. The molecule has 5 aromatic rings. The molecule has 0 radical (unpaired) electrons. The number of carbonyl (C=O) groups is 3. The van der Waals surface area contributed by atoms with Crippen molar-refractivity contribution >= 4 is 39.8 Å². The van der Waals surface area contributed by atoms with Crippen LogP contribution in [0, 0.1) is 0 Å². The summed E-state index contributed by atoms with van der Waals surface area (Å²) < 4.78 is 5.34. The second-order valence-electron chi connectivity index (χ2n) is 9.29. The van der Waals surface area contributed by atoms with E-state index >= 15 is 0 Å². The zero-order valence-corrected chi connectivity index (χ0v) is 21.0. The molecule has 2 amide bonds. The molecule has 0 spiro atoms. The van der Waals surface area contributed by atoms with Crippen LogP contribution in [0.4, 0.5) is 4.79 Å². The molecule has 0 aliphatic carbocycles. The number of aromatic nitrogens is 2. The molecule has 198 valence electrons. The standard InChI is InChI=1S/C30H28N4O5/c35-28(33-27(29(36)37)15-21-17-32-25-13-7-5-11-23(21)25)26(14-20-16-31-24-12-6-4-10-22(20)24)34-30(38)39-18-19-8-2-1-3-9-19/h1-13,16-17,26-27,31-32H,14-15,18H2,(H,33,35)(H,34,38)(H,36,37)/t26-,27-/m0/s1. The van der Waals surface area contributed by atoms with Crippen molar-refractivity contribution in [1.82, 2.24) is 20.6 Å². The number of H-pyrrole nitrogens is 2. The zero-order valence-electron chi connectivity index (χ0n) is 21.0. The second kappa shape index (κ2) is 11.6. The zero-order chi connectivity index (χ0) is 27.2. The van der Waals surface area contributed by atoms with Gasteiger partial charge >= 0.3 is 12.1 Å². The molecule has 0 aliphatic rings. The Morgan fingerprint density at radius 1 is 0.718 bits per heavy atom. The lowest BCUT2D eigenvalue weighted by Crippen LogP contribution is -2.53. The van der Waals surface area contributed by atoms with Crippen molar-refractivity contribution in [2.75, 3.05) is 0 Å². The molecular formula is C30H28N4O5. The van der Waals surface area contributed by atoms with Crippen molar-refractivity contribution in [2.24, 2.45) is 0 Å². The summed E-state index contributed by atoms with van der Waals surface area (Å²) >= 11 is 0. The van der Waals surface area contributed by atoms with E-state index in [0.717, 1.165) is 38.5 Å². The van der Waals surface area contributed by atoms with Gasteiger partial charge in [0.1, 0.15) is 18.7 Å². The van der Waals surface area contributed by atoms with E-state index in [-0.39, 0.29) is 19.4 Å². The molecule has 0 fully saturated rings. The highest BCUT2D eigenvalue weighted by Gasteiger charge is 2.28. The lowest BCUT2D eigenvalue weighted by molar-refractivity contribution is -0.142. The molecule has 0 unspecified atom stereocenters. The fraction of sp³-hybridized carbons (Fsp3) is 0.167. The molecule has 0 saturated heterocycles. The molecule has 0 aliphatic heterocycles. The number of carbonyl (C=O) groups excluding carboxylic acids is 2. The summed E-state index contributed by atoms with van der Waals surface area (Å²) in [5.74, 6) is -1.80. The number of rotatable bonds is 10. The third kappa shape index (κ3) is 6.10. The van der Waals surface area contributed by atoms with E-state index in [0.29, 0.717) is 0 Å². The van der Waals surface area contributed by atoms with Gasteiger partial charge in [-0.1, -0.05) is 66.7 Å². The summed E-state index contributed by atoms with van der Waals surface area (Å²) in [5, 5.41) is 17.0. The Morgan fingerprint density at radius 2 is 1.26 bits per heavy atom. The highest BCUT2D eigenvalue weighted by Crippen LogP contribution is 2.21. The molecule has 5 N–H and O–H groups in total. The highest BCUT2D eigenvalue weighted by molar-refractivity contribution is 5.91. The van der Waals surface area contributed by atoms with Crippen LogP contribution in [0.1, 0.15) is 16.7 Å². The first-order chi connectivity index (χ1) is 19.0. The maximum Gasteiger partial charge on any atom is 0.408 e. The number of carboxylic acids is 1. The summed E-state index contributed by atoms with van der Waals surface area (Å²) in [5.41, 5.74) is 4.14. The van der Waals surface area contributed by atoms with E-state index in [4.69, 9.17) is 4.74 Å². The van der Waals surface area contributed by atoms with Gasteiger partial charge in [-0.05, 0) is 28.8 Å². The Labute approximate surface area is 224 Å². The quantitative estimate of drug-likeness (QED) is 0.186. The molecule has 9 nitrogen and oxygen atoms in total. The van der Waals surface area contributed by atoms with Crippen LogP contribution < -0.4 is 10.6 Å². The number of carboxylic acid groups (broad SMARTS) is 1. The second-order valence-corrected chi connectivity index (χ2v) is 9.29. The third-order valence-electron chi connectivity index (χ3n) is 6.63. The predicted molar refractivity (Wildman–Crippen MR) is 147 cm³/mol. The number of hydrogen-bond donors (Lipinski definition) is 5. The Kier molecular flexibility index (Phi) is 7.58. The van der Waals surface area contributed by atoms with E-state index in [9.17, 15) is 19.5 Å². The smallest absolute Gasteiger partial charge is 0.408 e. The number of nitrogens with one attached hydrogen (secondary N) is 4. The van der Waals surface area contributed by atoms with Crippen LogP contribution in [0.25, 0.3) is 21.8 Å². The van der Waals surface area contributed by atoms with Gasteiger partial charge < -0.3 is 30.4 Å². The van der Waals surface area contributed by atoms with Crippen molar-refractivity contribution in [2.45, 2.75) is 31.5 Å². The number of para-hydroxylation sites is 2. The minimum Gasteiger partial charge on any atom is -0.480 e. The number of alkyl carbamates (subject to hydrolysis) is 1. The molecule has 0 bridgehead atoms. The molecule has 39 heavy (non-hydrogen) atoms.